The van der Waals surface area contributed by atoms with Gasteiger partial charge in [0, 0.05) is 9.75 Å². The third kappa shape index (κ3) is 3.96. The number of aliphatic carboxylic acids is 1. The molecule has 0 bridgehead atoms. The van der Waals surface area contributed by atoms with Gasteiger partial charge in [-0.15, -0.1) is 11.3 Å². The number of thiophene rings is 1. The highest BCUT2D eigenvalue weighted by Gasteiger charge is 2.36. The zero-order valence-corrected chi connectivity index (χ0v) is 13.0. The molecule has 1 rings (SSSR count). The molecule has 0 aromatic carbocycles. The van der Waals surface area contributed by atoms with Crippen LogP contribution < -0.4 is 10.6 Å². The van der Waals surface area contributed by atoms with Gasteiger partial charge in [-0.25, -0.2) is 9.59 Å². The third-order valence-corrected chi connectivity index (χ3v) is 4.69. The van der Waals surface area contributed by atoms with Crippen LogP contribution >= 0.6 is 11.3 Å². The first-order valence-corrected chi connectivity index (χ1v) is 7.66. The second-order valence-electron chi connectivity index (χ2n) is 4.62. The molecule has 0 saturated carbocycles. The van der Waals surface area contributed by atoms with E-state index in [-0.39, 0.29) is 0 Å². The van der Waals surface area contributed by atoms with Crippen LogP contribution in [0.1, 0.15) is 43.4 Å². The molecule has 1 heterocycles. The van der Waals surface area contributed by atoms with E-state index in [0.29, 0.717) is 19.4 Å². The highest BCUT2D eigenvalue weighted by atomic mass is 32.1. The summed E-state index contributed by atoms with van der Waals surface area (Å²) < 4.78 is 0. The number of urea groups is 1. The molecule has 20 heavy (non-hydrogen) atoms. The van der Waals surface area contributed by atoms with E-state index in [1.165, 1.54) is 4.88 Å². The Morgan fingerprint density at radius 2 is 1.80 bits per heavy atom. The molecule has 0 aliphatic carbocycles. The number of amides is 2. The van der Waals surface area contributed by atoms with E-state index in [0.717, 1.165) is 11.3 Å². The molecule has 1 aromatic heterocycles. The van der Waals surface area contributed by atoms with E-state index in [9.17, 15) is 14.7 Å². The van der Waals surface area contributed by atoms with Crippen molar-refractivity contribution in [3.63, 3.8) is 0 Å². The van der Waals surface area contributed by atoms with Crippen LogP contribution in [0.5, 0.6) is 0 Å². The van der Waals surface area contributed by atoms with Gasteiger partial charge in [-0.2, -0.15) is 0 Å². The molecule has 0 radical (unpaired) electrons. The first-order valence-electron chi connectivity index (χ1n) is 6.84. The first-order chi connectivity index (χ1) is 9.47. The number of carboxylic acid groups (broad SMARTS) is 1. The molecule has 0 fully saturated rings. The SMILES string of the molecule is CCc1ccc(CNC(=O)NC(CC)(CC)C(=O)O)s1. The molecule has 3 N–H and O–H groups in total. The monoisotopic (exact) mass is 298 g/mol. The Hall–Kier alpha value is -1.56. The minimum absolute atomic E-state index is 0.352. The lowest BCUT2D eigenvalue weighted by molar-refractivity contribution is -0.144. The van der Waals surface area contributed by atoms with Crippen LogP contribution in [-0.4, -0.2) is 22.6 Å². The number of hydrogen-bond donors (Lipinski definition) is 3. The number of hydrogen-bond acceptors (Lipinski definition) is 3. The lowest BCUT2D eigenvalue weighted by Crippen LogP contribution is -2.56. The van der Waals surface area contributed by atoms with Gasteiger partial charge in [0.05, 0.1) is 6.54 Å². The van der Waals surface area contributed by atoms with Crippen LogP contribution in [-0.2, 0) is 17.8 Å². The molecular weight excluding hydrogens is 276 g/mol. The van der Waals surface area contributed by atoms with Gasteiger partial charge >= 0.3 is 12.0 Å². The first kappa shape index (κ1) is 16.5. The number of nitrogens with one attached hydrogen (secondary N) is 2. The Balaban J connectivity index is 2.56. The van der Waals surface area contributed by atoms with Crippen LogP contribution in [0.2, 0.25) is 0 Å². The van der Waals surface area contributed by atoms with Gasteiger partial charge in [-0.05, 0) is 31.4 Å². The summed E-state index contributed by atoms with van der Waals surface area (Å²) in [5.41, 5.74) is -1.19. The summed E-state index contributed by atoms with van der Waals surface area (Å²) in [7, 11) is 0. The summed E-state index contributed by atoms with van der Waals surface area (Å²) in [5.74, 6) is -0.998. The number of aryl methyl sites for hydroxylation is 1. The van der Waals surface area contributed by atoms with Gasteiger partial charge in [0.25, 0.3) is 0 Å². The number of carbonyl (C=O) groups excluding carboxylic acids is 1. The normalized spacial score (nSPS) is 11.2. The fraction of sp³-hybridized carbons (Fsp3) is 0.571. The minimum Gasteiger partial charge on any atom is -0.480 e. The summed E-state index contributed by atoms with van der Waals surface area (Å²) in [5, 5.41) is 14.5. The van der Waals surface area contributed by atoms with Crippen LogP contribution in [0.15, 0.2) is 12.1 Å². The van der Waals surface area contributed by atoms with Crippen molar-refractivity contribution >= 4 is 23.3 Å². The zero-order chi connectivity index (χ0) is 15.2. The van der Waals surface area contributed by atoms with Crippen molar-refractivity contribution in [3.8, 4) is 0 Å². The Labute approximate surface area is 123 Å². The number of carboxylic acids is 1. The van der Waals surface area contributed by atoms with Gasteiger partial charge in [-0.3, -0.25) is 0 Å². The molecule has 0 aliphatic heterocycles. The van der Waals surface area contributed by atoms with E-state index in [4.69, 9.17) is 0 Å². The van der Waals surface area contributed by atoms with E-state index >= 15 is 0 Å². The van der Waals surface area contributed by atoms with E-state index in [1.54, 1.807) is 25.2 Å². The van der Waals surface area contributed by atoms with Gasteiger partial charge < -0.3 is 15.7 Å². The maximum absolute atomic E-state index is 11.8. The average Bonchev–Trinajstić information content (AvgIpc) is 2.90. The molecule has 0 spiro atoms. The van der Waals surface area contributed by atoms with Crippen molar-refractivity contribution in [2.75, 3.05) is 0 Å². The molecule has 0 saturated heterocycles. The Morgan fingerprint density at radius 1 is 1.20 bits per heavy atom. The molecule has 0 aliphatic rings. The van der Waals surface area contributed by atoms with Crippen molar-refractivity contribution in [1.82, 2.24) is 10.6 Å². The largest absolute Gasteiger partial charge is 0.480 e. The standard InChI is InChI=1S/C14H22N2O3S/c1-4-10-7-8-11(20-10)9-15-13(19)16-14(5-2,6-3)12(17)18/h7-8H,4-6,9H2,1-3H3,(H,17,18)(H2,15,16,19). The van der Waals surface area contributed by atoms with E-state index in [1.807, 2.05) is 12.1 Å². The van der Waals surface area contributed by atoms with Crippen LogP contribution in [0, 0.1) is 0 Å². The summed E-state index contributed by atoms with van der Waals surface area (Å²) in [6.07, 6.45) is 1.68. The van der Waals surface area contributed by atoms with Crippen LogP contribution in [0.4, 0.5) is 4.79 Å². The smallest absolute Gasteiger partial charge is 0.329 e. The summed E-state index contributed by atoms with van der Waals surface area (Å²) >= 11 is 1.65. The van der Waals surface area contributed by atoms with Gasteiger partial charge in [-0.1, -0.05) is 20.8 Å². The molecular formula is C14H22N2O3S. The second-order valence-corrected chi connectivity index (χ2v) is 5.88. The summed E-state index contributed by atoms with van der Waals surface area (Å²) in [6.45, 7) is 6.01. The maximum atomic E-state index is 11.8. The molecule has 6 heteroatoms. The lowest BCUT2D eigenvalue weighted by Gasteiger charge is -2.27. The Kier molecular flexibility index (Phi) is 6.01. The third-order valence-electron chi connectivity index (χ3n) is 3.46. The van der Waals surface area contributed by atoms with E-state index in [2.05, 4.69) is 17.6 Å². The summed E-state index contributed by atoms with van der Waals surface area (Å²) in [6, 6.07) is 3.58. The molecule has 5 nitrogen and oxygen atoms in total. The topological polar surface area (TPSA) is 78.4 Å². The van der Waals surface area contributed by atoms with Gasteiger partial charge in [0.2, 0.25) is 0 Å². The highest BCUT2D eigenvalue weighted by molar-refractivity contribution is 7.11. The fourth-order valence-electron chi connectivity index (χ4n) is 1.92. The Morgan fingerprint density at radius 3 is 2.25 bits per heavy atom. The second kappa shape index (κ2) is 7.28. The quantitative estimate of drug-likeness (QED) is 0.724. The summed E-state index contributed by atoms with van der Waals surface area (Å²) in [4.78, 5) is 25.5. The average molecular weight is 298 g/mol. The Bertz CT molecular complexity index is 467. The molecule has 1 aromatic rings. The van der Waals surface area contributed by atoms with Crippen molar-refractivity contribution in [3.05, 3.63) is 21.9 Å². The van der Waals surface area contributed by atoms with Crippen molar-refractivity contribution < 1.29 is 14.7 Å². The molecule has 2 amide bonds. The predicted octanol–water partition coefficient (Wildman–Crippen LogP) is 2.75. The van der Waals surface area contributed by atoms with Gasteiger partial charge in [0.1, 0.15) is 5.54 Å². The number of carbonyl (C=O) groups is 2. The van der Waals surface area contributed by atoms with Crippen LogP contribution in [0.25, 0.3) is 0 Å². The fourth-order valence-corrected chi connectivity index (χ4v) is 2.82. The zero-order valence-electron chi connectivity index (χ0n) is 12.2. The van der Waals surface area contributed by atoms with Crippen molar-refractivity contribution in [1.29, 1.82) is 0 Å². The van der Waals surface area contributed by atoms with Crippen molar-refractivity contribution in [2.45, 2.75) is 52.1 Å². The molecule has 112 valence electrons. The predicted molar refractivity (Wildman–Crippen MR) is 80.0 cm³/mol. The van der Waals surface area contributed by atoms with Gasteiger partial charge in [0.15, 0.2) is 0 Å². The minimum atomic E-state index is -1.19. The van der Waals surface area contributed by atoms with Crippen molar-refractivity contribution in [2.24, 2.45) is 0 Å². The van der Waals surface area contributed by atoms with Crippen LogP contribution in [0.3, 0.4) is 0 Å². The number of rotatable bonds is 7. The molecule has 0 unspecified atom stereocenters. The molecule has 0 atom stereocenters. The lowest BCUT2D eigenvalue weighted by atomic mass is 9.93. The van der Waals surface area contributed by atoms with E-state index < -0.39 is 17.5 Å². The maximum Gasteiger partial charge on any atom is 0.329 e. The highest BCUT2D eigenvalue weighted by Crippen LogP contribution is 2.17.